The minimum atomic E-state index is -4.49. The maximum Gasteiger partial charge on any atom is 0.422 e. The van der Waals surface area contributed by atoms with Crippen molar-refractivity contribution in [3.8, 4) is 5.75 Å². The summed E-state index contributed by atoms with van der Waals surface area (Å²) in [6.45, 7) is 0.118. The zero-order chi connectivity index (χ0) is 12.3. The fraction of sp³-hybridized carbons (Fsp3) is 0.400. The lowest BCUT2D eigenvalue weighted by Gasteiger charge is -2.12. The molecule has 2 nitrogen and oxygen atoms in total. The van der Waals surface area contributed by atoms with Gasteiger partial charge in [-0.3, -0.25) is 0 Å². The number of hydrogen-bond acceptors (Lipinski definition) is 2. The number of hydrogen-bond donors (Lipinski definition) is 1. The van der Waals surface area contributed by atoms with Crippen molar-refractivity contribution >= 4 is 0 Å². The highest BCUT2D eigenvalue weighted by molar-refractivity contribution is 5.31. The monoisotopic (exact) mass is 237 g/mol. The van der Waals surface area contributed by atoms with Crippen molar-refractivity contribution in [3.63, 3.8) is 0 Å². The molecule has 16 heavy (non-hydrogen) atoms. The first-order chi connectivity index (χ1) is 7.29. The number of benzene rings is 1. The SMILES string of the molecule is C[C@@H](N)c1ccc(F)c(OCC(F)(F)F)c1. The van der Waals surface area contributed by atoms with E-state index >= 15 is 0 Å². The van der Waals surface area contributed by atoms with Gasteiger partial charge in [-0.2, -0.15) is 13.2 Å². The molecule has 0 bridgehead atoms. The van der Waals surface area contributed by atoms with E-state index in [-0.39, 0.29) is 0 Å². The van der Waals surface area contributed by atoms with E-state index in [4.69, 9.17) is 5.73 Å². The molecule has 0 radical (unpaired) electrons. The van der Waals surface area contributed by atoms with Crippen LogP contribution < -0.4 is 10.5 Å². The van der Waals surface area contributed by atoms with Crippen molar-refractivity contribution in [1.82, 2.24) is 0 Å². The fourth-order valence-corrected chi connectivity index (χ4v) is 1.07. The van der Waals surface area contributed by atoms with Crippen molar-refractivity contribution in [3.05, 3.63) is 29.6 Å². The largest absolute Gasteiger partial charge is 0.481 e. The van der Waals surface area contributed by atoms with E-state index in [0.29, 0.717) is 5.56 Å². The molecule has 0 aliphatic rings. The number of alkyl halides is 3. The van der Waals surface area contributed by atoms with E-state index in [0.717, 1.165) is 6.07 Å². The van der Waals surface area contributed by atoms with Gasteiger partial charge in [0.25, 0.3) is 0 Å². The molecule has 0 aromatic heterocycles. The minimum absolute atomic E-state index is 0.395. The number of rotatable bonds is 3. The van der Waals surface area contributed by atoms with Crippen molar-refractivity contribution in [2.45, 2.75) is 19.1 Å². The molecule has 2 N–H and O–H groups in total. The molecule has 0 heterocycles. The highest BCUT2D eigenvalue weighted by Crippen LogP contribution is 2.24. The topological polar surface area (TPSA) is 35.2 Å². The van der Waals surface area contributed by atoms with E-state index in [2.05, 4.69) is 4.74 Å². The van der Waals surface area contributed by atoms with Crippen LogP contribution in [0.2, 0.25) is 0 Å². The quantitative estimate of drug-likeness (QED) is 0.820. The molecule has 1 aromatic rings. The van der Waals surface area contributed by atoms with Gasteiger partial charge in [-0.05, 0) is 24.6 Å². The maximum atomic E-state index is 13.1. The number of nitrogens with two attached hydrogens (primary N) is 1. The van der Waals surface area contributed by atoms with Crippen LogP contribution in [0, 0.1) is 5.82 Å². The van der Waals surface area contributed by atoms with Gasteiger partial charge in [0.2, 0.25) is 0 Å². The smallest absolute Gasteiger partial charge is 0.422 e. The molecule has 0 amide bonds. The van der Waals surface area contributed by atoms with Crippen LogP contribution in [0.3, 0.4) is 0 Å². The summed E-state index contributed by atoms with van der Waals surface area (Å²) >= 11 is 0. The fourth-order valence-electron chi connectivity index (χ4n) is 1.07. The molecule has 0 unspecified atom stereocenters. The molecular weight excluding hydrogens is 226 g/mol. The summed E-state index contributed by atoms with van der Waals surface area (Å²) in [5.74, 6) is -1.28. The lowest BCUT2D eigenvalue weighted by molar-refractivity contribution is -0.153. The Morgan fingerprint density at radius 2 is 2.00 bits per heavy atom. The Kier molecular flexibility index (Phi) is 3.74. The van der Waals surface area contributed by atoms with E-state index in [1.807, 2.05) is 0 Å². The second-order valence-electron chi connectivity index (χ2n) is 3.38. The zero-order valence-electron chi connectivity index (χ0n) is 8.51. The molecular formula is C10H11F4NO. The van der Waals surface area contributed by atoms with Crippen LogP contribution in [0.4, 0.5) is 17.6 Å². The molecule has 0 aliphatic carbocycles. The molecule has 0 saturated carbocycles. The van der Waals surface area contributed by atoms with Crippen molar-refractivity contribution in [2.24, 2.45) is 5.73 Å². The van der Waals surface area contributed by atoms with Gasteiger partial charge in [0, 0.05) is 6.04 Å². The molecule has 1 atom stereocenters. The van der Waals surface area contributed by atoms with Crippen LogP contribution in [0.25, 0.3) is 0 Å². The molecule has 0 saturated heterocycles. The molecule has 0 aliphatic heterocycles. The second kappa shape index (κ2) is 4.69. The average Bonchev–Trinajstić information content (AvgIpc) is 2.14. The van der Waals surface area contributed by atoms with Gasteiger partial charge in [-0.15, -0.1) is 0 Å². The summed E-state index contributed by atoms with van der Waals surface area (Å²) in [6.07, 6.45) is -4.49. The third-order valence-electron chi connectivity index (χ3n) is 1.87. The third kappa shape index (κ3) is 3.69. The molecule has 6 heteroatoms. The van der Waals surface area contributed by atoms with Crippen molar-refractivity contribution < 1.29 is 22.3 Å². The first kappa shape index (κ1) is 12.8. The Labute approximate surface area is 90.0 Å². The van der Waals surface area contributed by atoms with Crippen LogP contribution in [0.15, 0.2) is 18.2 Å². The average molecular weight is 237 g/mol. The Bertz CT molecular complexity index is 362. The van der Waals surface area contributed by atoms with Gasteiger partial charge >= 0.3 is 6.18 Å². The van der Waals surface area contributed by atoms with Gasteiger partial charge in [0.15, 0.2) is 18.2 Å². The molecule has 0 fully saturated rings. The summed E-state index contributed by atoms with van der Waals surface area (Å²) < 4.78 is 53.0. The Hall–Kier alpha value is -1.30. The standard InChI is InChI=1S/C10H11F4NO/c1-6(15)7-2-3-8(11)9(4-7)16-5-10(12,13)14/h2-4,6H,5,15H2,1H3/t6-/m1/s1. The summed E-state index contributed by atoms with van der Waals surface area (Å²) in [5.41, 5.74) is 6.03. The Balaban J connectivity index is 2.82. The van der Waals surface area contributed by atoms with E-state index < -0.39 is 30.4 Å². The third-order valence-corrected chi connectivity index (χ3v) is 1.87. The first-order valence-electron chi connectivity index (χ1n) is 4.54. The lowest BCUT2D eigenvalue weighted by Crippen LogP contribution is -2.19. The normalized spacial score (nSPS) is 13.6. The van der Waals surface area contributed by atoms with E-state index in [9.17, 15) is 17.6 Å². The lowest BCUT2D eigenvalue weighted by atomic mass is 10.1. The highest BCUT2D eigenvalue weighted by atomic mass is 19.4. The zero-order valence-corrected chi connectivity index (χ0v) is 8.51. The number of ether oxygens (including phenoxy) is 1. The second-order valence-corrected chi connectivity index (χ2v) is 3.38. The van der Waals surface area contributed by atoms with Gasteiger partial charge in [-0.25, -0.2) is 4.39 Å². The summed E-state index contributed by atoms with van der Waals surface area (Å²) in [6, 6.07) is 3.21. The summed E-state index contributed by atoms with van der Waals surface area (Å²) in [5, 5.41) is 0. The molecule has 90 valence electrons. The van der Waals surface area contributed by atoms with Crippen molar-refractivity contribution in [2.75, 3.05) is 6.61 Å². The molecule has 0 spiro atoms. The predicted molar refractivity (Wildman–Crippen MR) is 50.6 cm³/mol. The maximum absolute atomic E-state index is 13.1. The van der Waals surface area contributed by atoms with E-state index in [1.165, 1.54) is 12.1 Å². The van der Waals surface area contributed by atoms with Crippen molar-refractivity contribution in [1.29, 1.82) is 0 Å². The Morgan fingerprint density at radius 1 is 1.38 bits per heavy atom. The van der Waals surface area contributed by atoms with Gasteiger partial charge in [0.1, 0.15) is 0 Å². The van der Waals surface area contributed by atoms with Gasteiger partial charge in [0.05, 0.1) is 0 Å². The molecule has 1 aromatic carbocycles. The highest BCUT2D eigenvalue weighted by Gasteiger charge is 2.29. The van der Waals surface area contributed by atoms with E-state index in [1.54, 1.807) is 6.92 Å². The van der Waals surface area contributed by atoms with Crippen LogP contribution >= 0.6 is 0 Å². The Morgan fingerprint density at radius 3 is 2.50 bits per heavy atom. The van der Waals surface area contributed by atoms with Crippen LogP contribution in [0.5, 0.6) is 5.75 Å². The van der Waals surface area contributed by atoms with Gasteiger partial charge < -0.3 is 10.5 Å². The van der Waals surface area contributed by atoms with Gasteiger partial charge in [-0.1, -0.05) is 6.07 Å². The summed E-state index contributed by atoms with van der Waals surface area (Å²) in [7, 11) is 0. The van der Waals surface area contributed by atoms with Crippen LogP contribution in [-0.2, 0) is 0 Å². The number of halogens is 4. The summed E-state index contributed by atoms with van der Waals surface area (Å²) in [4.78, 5) is 0. The minimum Gasteiger partial charge on any atom is -0.481 e. The first-order valence-corrected chi connectivity index (χ1v) is 4.54. The van der Waals surface area contributed by atoms with Crippen LogP contribution in [-0.4, -0.2) is 12.8 Å². The molecule has 1 rings (SSSR count). The predicted octanol–water partition coefficient (Wildman–Crippen LogP) is 2.79. The van der Waals surface area contributed by atoms with Crippen LogP contribution in [0.1, 0.15) is 18.5 Å².